The van der Waals surface area contributed by atoms with Crippen LogP contribution >= 0.6 is 11.6 Å². The second kappa shape index (κ2) is 9.68. The van der Waals surface area contributed by atoms with Crippen molar-refractivity contribution in [1.82, 2.24) is 4.98 Å². The normalized spacial score (nSPS) is 10.7. The molecule has 0 aliphatic rings. The van der Waals surface area contributed by atoms with Crippen LogP contribution in [0.3, 0.4) is 0 Å². The molecular weight excluding hydrogens is 396 g/mol. The zero-order chi connectivity index (χ0) is 21.7. The minimum absolute atomic E-state index is 0.0771. The Labute approximate surface area is 182 Å². The number of hydrogen-bond donors (Lipinski definition) is 0. The highest BCUT2D eigenvalue weighted by atomic mass is 35.5. The van der Waals surface area contributed by atoms with E-state index in [2.05, 4.69) is 4.98 Å². The third-order valence-corrected chi connectivity index (χ3v) is 5.59. The topological polar surface area (TPSA) is 50.3 Å². The van der Waals surface area contributed by atoms with Gasteiger partial charge in [-0.2, -0.15) is 0 Å². The van der Waals surface area contributed by atoms with E-state index >= 15 is 0 Å². The van der Waals surface area contributed by atoms with E-state index in [9.17, 15) is 9.59 Å². The smallest absolute Gasteiger partial charge is 0.226 e. The molecule has 30 heavy (non-hydrogen) atoms. The number of hydrogen-bond acceptors (Lipinski definition) is 3. The first-order chi connectivity index (χ1) is 14.4. The number of rotatable bonds is 7. The van der Waals surface area contributed by atoms with Crippen molar-refractivity contribution in [3.8, 4) is 11.1 Å². The Hall–Kier alpha value is -2.98. The third-order valence-electron chi connectivity index (χ3n) is 5.25. The van der Waals surface area contributed by atoms with Crippen molar-refractivity contribution in [2.45, 2.75) is 33.1 Å². The number of anilines is 1. The molecule has 0 N–H and O–H groups in total. The summed E-state index contributed by atoms with van der Waals surface area (Å²) in [7, 11) is 1.79. The molecule has 0 fully saturated rings. The number of Topliss-reactive ketones (excluding diaryl/α,β-unsaturated/α-hetero) is 1. The number of benzene rings is 2. The van der Waals surface area contributed by atoms with Crippen LogP contribution in [0.4, 0.5) is 5.69 Å². The van der Waals surface area contributed by atoms with Crippen LogP contribution in [0, 0.1) is 6.92 Å². The summed E-state index contributed by atoms with van der Waals surface area (Å²) in [5.41, 5.74) is 5.64. The van der Waals surface area contributed by atoms with Crippen molar-refractivity contribution >= 4 is 29.0 Å². The Balaban J connectivity index is 1.71. The number of aryl methyl sites for hydroxylation is 2. The summed E-state index contributed by atoms with van der Waals surface area (Å²) in [6.45, 7) is 3.88. The van der Waals surface area contributed by atoms with E-state index in [4.69, 9.17) is 11.6 Å². The average Bonchev–Trinajstić information content (AvgIpc) is 2.77. The summed E-state index contributed by atoms with van der Waals surface area (Å²) < 4.78 is 0. The van der Waals surface area contributed by atoms with Gasteiger partial charge >= 0.3 is 0 Å². The van der Waals surface area contributed by atoms with E-state index in [0.29, 0.717) is 30.0 Å². The Bertz CT molecular complexity index is 1060. The fraction of sp³-hybridized carbons (Fsp3) is 0.240. The molecule has 2 aromatic carbocycles. The van der Waals surface area contributed by atoms with Gasteiger partial charge in [-0.3, -0.25) is 9.59 Å². The van der Waals surface area contributed by atoms with E-state index in [1.807, 2.05) is 68.4 Å². The summed E-state index contributed by atoms with van der Waals surface area (Å²) in [6.07, 6.45) is 3.06. The maximum Gasteiger partial charge on any atom is 0.226 e. The zero-order valence-electron chi connectivity index (χ0n) is 17.5. The number of carbonyl (C=O) groups is 2. The van der Waals surface area contributed by atoms with E-state index < -0.39 is 0 Å². The van der Waals surface area contributed by atoms with Crippen molar-refractivity contribution in [3.63, 3.8) is 0 Å². The van der Waals surface area contributed by atoms with E-state index in [1.165, 1.54) is 0 Å². The van der Waals surface area contributed by atoms with Crippen LogP contribution in [-0.2, 0) is 11.2 Å². The minimum Gasteiger partial charge on any atom is -0.316 e. The van der Waals surface area contributed by atoms with Crippen molar-refractivity contribution in [1.29, 1.82) is 0 Å². The number of nitrogens with zero attached hydrogens (tertiary/aromatic N) is 2. The van der Waals surface area contributed by atoms with E-state index in [0.717, 1.165) is 27.9 Å². The van der Waals surface area contributed by atoms with Gasteiger partial charge in [0.05, 0.1) is 0 Å². The van der Waals surface area contributed by atoms with Gasteiger partial charge in [0.2, 0.25) is 5.91 Å². The van der Waals surface area contributed by atoms with Gasteiger partial charge in [0, 0.05) is 37.3 Å². The number of aromatic nitrogens is 1. The van der Waals surface area contributed by atoms with Crippen LogP contribution < -0.4 is 4.90 Å². The zero-order valence-corrected chi connectivity index (χ0v) is 18.2. The van der Waals surface area contributed by atoms with Crippen molar-refractivity contribution < 1.29 is 9.59 Å². The summed E-state index contributed by atoms with van der Waals surface area (Å²) in [5.74, 6) is 0.158. The molecule has 4 nitrogen and oxygen atoms in total. The fourth-order valence-electron chi connectivity index (χ4n) is 3.40. The molecule has 0 saturated carbocycles. The predicted octanol–water partition coefficient (Wildman–Crippen LogP) is 5.90. The van der Waals surface area contributed by atoms with Gasteiger partial charge in [-0.05, 0) is 53.8 Å². The van der Waals surface area contributed by atoms with Crippen molar-refractivity contribution in [3.05, 3.63) is 82.6 Å². The standard InChI is InChI=1S/C25H25ClN2O2/c1-4-24(30)28(3)21-12-13-22(17(2)16-21)18-7-9-19(10-8-18)23(29)14-11-20-6-5-15-27-25(20)26/h5-10,12-13,15-16H,4,11,14H2,1-3H3. The molecule has 0 saturated heterocycles. The number of halogens is 1. The van der Waals surface area contributed by atoms with E-state index in [1.54, 1.807) is 18.1 Å². The lowest BCUT2D eigenvalue weighted by Crippen LogP contribution is -2.25. The first-order valence-electron chi connectivity index (χ1n) is 10.0. The Kier molecular flexibility index (Phi) is 7.01. The van der Waals surface area contributed by atoms with Crippen LogP contribution in [0.1, 0.15) is 41.3 Å². The number of carbonyl (C=O) groups excluding carboxylic acids is 2. The second-order valence-electron chi connectivity index (χ2n) is 7.26. The lowest BCUT2D eigenvalue weighted by molar-refractivity contribution is -0.118. The Morgan fingerprint density at radius 3 is 2.43 bits per heavy atom. The SMILES string of the molecule is CCC(=O)N(C)c1ccc(-c2ccc(C(=O)CCc3cccnc3Cl)cc2)c(C)c1. The van der Waals surface area contributed by atoms with Gasteiger partial charge in [-0.1, -0.05) is 54.9 Å². The van der Waals surface area contributed by atoms with Gasteiger partial charge in [-0.25, -0.2) is 4.98 Å². The summed E-state index contributed by atoms with van der Waals surface area (Å²) in [5, 5.41) is 0.450. The van der Waals surface area contributed by atoms with Crippen LogP contribution in [0.5, 0.6) is 0 Å². The molecule has 0 unspecified atom stereocenters. The van der Waals surface area contributed by atoms with Gasteiger partial charge in [0.25, 0.3) is 0 Å². The highest BCUT2D eigenvalue weighted by Crippen LogP contribution is 2.28. The van der Waals surface area contributed by atoms with Crippen LogP contribution in [0.2, 0.25) is 5.15 Å². The number of pyridine rings is 1. The first-order valence-corrected chi connectivity index (χ1v) is 10.4. The third kappa shape index (κ3) is 4.95. The summed E-state index contributed by atoms with van der Waals surface area (Å²) in [4.78, 5) is 30.2. The lowest BCUT2D eigenvalue weighted by atomic mass is 9.97. The van der Waals surface area contributed by atoms with E-state index in [-0.39, 0.29) is 11.7 Å². The molecule has 0 aliphatic heterocycles. The lowest BCUT2D eigenvalue weighted by Gasteiger charge is -2.18. The Morgan fingerprint density at radius 2 is 1.80 bits per heavy atom. The molecule has 1 heterocycles. The predicted molar refractivity (Wildman–Crippen MR) is 122 cm³/mol. The molecule has 0 bridgehead atoms. The molecule has 3 aromatic rings. The second-order valence-corrected chi connectivity index (χ2v) is 7.62. The summed E-state index contributed by atoms with van der Waals surface area (Å²) in [6, 6.07) is 17.4. The number of amides is 1. The van der Waals surface area contributed by atoms with Crippen LogP contribution in [0.25, 0.3) is 11.1 Å². The summed E-state index contributed by atoms with van der Waals surface area (Å²) >= 11 is 6.07. The molecule has 0 atom stereocenters. The first kappa shape index (κ1) is 21.7. The molecule has 5 heteroatoms. The molecule has 1 aromatic heterocycles. The monoisotopic (exact) mass is 420 g/mol. The number of ketones is 1. The highest BCUT2D eigenvalue weighted by molar-refractivity contribution is 6.30. The molecule has 0 spiro atoms. The Morgan fingerprint density at radius 1 is 1.07 bits per heavy atom. The van der Waals surface area contributed by atoms with Gasteiger partial charge < -0.3 is 4.90 Å². The van der Waals surface area contributed by atoms with Crippen molar-refractivity contribution in [2.24, 2.45) is 0 Å². The van der Waals surface area contributed by atoms with Gasteiger partial charge in [-0.15, -0.1) is 0 Å². The molecule has 0 radical (unpaired) electrons. The van der Waals surface area contributed by atoms with Crippen LogP contribution in [-0.4, -0.2) is 23.7 Å². The quantitative estimate of drug-likeness (QED) is 0.353. The largest absolute Gasteiger partial charge is 0.316 e. The molecule has 0 aliphatic carbocycles. The van der Waals surface area contributed by atoms with Gasteiger partial charge in [0.1, 0.15) is 5.15 Å². The average molecular weight is 421 g/mol. The molecule has 3 rings (SSSR count). The maximum atomic E-state index is 12.6. The fourth-order valence-corrected chi connectivity index (χ4v) is 3.61. The highest BCUT2D eigenvalue weighted by Gasteiger charge is 2.12. The van der Waals surface area contributed by atoms with Crippen molar-refractivity contribution in [2.75, 3.05) is 11.9 Å². The van der Waals surface area contributed by atoms with Gasteiger partial charge in [0.15, 0.2) is 5.78 Å². The maximum absolute atomic E-state index is 12.6. The molecular formula is C25H25ClN2O2. The minimum atomic E-state index is 0.0771. The molecule has 154 valence electrons. The van der Waals surface area contributed by atoms with Crippen LogP contribution in [0.15, 0.2) is 60.8 Å². The molecule has 1 amide bonds.